The van der Waals surface area contributed by atoms with Crippen LogP contribution in [0.25, 0.3) is 16.7 Å². The number of para-hydroxylation sites is 3. The minimum atomic E-state index is 0.249. The first-order valence-electron chi connectivity index (χ1n) is 10.8. The summed E-state index contributed by atoms with van der Waals surface area (Å²) in [6, 6.07) is 18.5. The van der Waals surface area contributed by atoms with Crippen molar-refractivity contribution in [2.75, 3.05) is 26.2 Å². The highest BCUT2D eigenvalue weighted by atomic mass is 16.2. The van der Waals surface area contributed by atoms with Gasteiger partial charge in [-0.2, -0.15) is 0 Å². The zero-order valence-corrected chi connectivity index (χ0v) is 17.2. The molecular formula is C24H30N4O. The Morgan fingerprint density at radius 2 is 1.79 bits per heavy atom. The molecule has 1 saturated heterocycles. The third-order valence-electron chi connectivity index (χ3n) is 5.86. The van der Waals surface area contributed by atoms with Crippen LogP contribution in [0.15, 0.2) is 54.6 Å². The molecule has 0 aliphatic carbocycles. The summed E-state index contributed by atoms with van der Waals surface area (Å²) >= 11 is 0. The number of nitrogens with zero attached hydrogens (tertiary/aromatic N) is 3. The Labute approximate surface area is 172 Å². The van der Waals surface area contributed by atoms with Gasteiger partial charge in [0.2, 0.25) is 5.91 Å². The lowest BCUT2D eigenvalue weighted by Crippen LogP contribution is -2.40. The number of likely N-dealkylation sites (tertiary alicyclic amines) is 1. The second-order valence-electron chi connectivity index (χ2n) is 7.82. The van der Waals surface area contributed by atoms with E-state index in [2.05, 4.69) is 35.0 Å². The molecule has 152 valence electrons. The fraction of sp³-hybridized carbons (Fsp3) is 0.417. The third-order valence-corrected chi connectivity index (χ3v) is 5.86. The normalized spacial score (nSPS) is 15.1. The molecule has 0 unspecified atom stereocenters. The Morgan fingerprint density at radius 3 is 2.55 bits per heavy atom. The van der Waals surface area contributed by atoms with Gasteiger partial charge in [0.25, 0.3) is 0 Å². The van der Waals surface area contributed by atoms with Crippen LogP contribution in [0.4, 0.5) is 0 Å². The molecule has 1 aromatic heterocycles. The van der Waals surface area contributed by atoms with Crippen molar-refractivity contribution >= 4 is 16.9 Å². The number of carbonyl (C=O) groups excluding carboxylic acids is 1. The molecule has 4 rings (SSSR count). The Morgan fingerprint density at radius 1 is 1.07 bits per heavy atom. The topological polar surface area (TPSA) is 50.2 Å². The molecule has 29 heavy (non-hydrogen) atoms. The van der Waals surface area contributed by atoms with E-state index in [9.17, 15) is 4.79 Å². The number of piperidine rings is 1. The summed E-state index contributed by atoms with van der Waals surface area (Å²) in [6.07, 6.45) is 3.36. The van der Waals surface area contributed by atoms with E-state index in [-0.39, 0.29) is 5.91 Å². The van der Waals surface area contributed by atoms with Gasteiger partial charge in [0, 0.05) is 31.6 Å². The van der Waals surface area contributed by atoms with Crippen LogP contribution >= 0.6 is 0 Å². The smallest absolute Gasteiger partial charge is 0.223 e. The van der Waals surface area contributed by atoms with Crippen LogP contribution in [0.3, 0.4) is 0 Å². The molecule has 0 saturated carbocycles. The standard InChI is InChI=1S/C24H30N4O/c1-2-25-18-19-14-16-27(17-15-19)24(29)13-12-23-26-21-10-6-7-11-22(21)28(23)20-8-4-3-5-9-20/h3-11,19,25H,2,12-18H2,1H3. The molecule has 0 atom stereocenters. The van der Waals surface area contributed by atoms with Crippen molar-refractivity contribution in [3.63, 3.8) is 0 Å². The van der Waals surface area contributed by atoms with Gasteiger partial charge >= 0.3 is 0 Å². The van der Waals surface area contributed by atoms with E-state index in [1.165, 1.54) is 0 Å². The molecule has 1 N–H and O–H groups in total. The maximum atomic E-state index is 12.8. The first-order chi connectivity index (χ1) is 14.3. The van der Waals surface area contributed by atoms with Gasteiger partial charge in [-0.3, -0.25) is 9.36 Å². The number of imidazole rings is 1. The molecule has 1 aliphatic heterocycles. The van der Waals surface area contributed by atoms with E-state index in [4.69, 9.17) is 4.98 Å². The van der Waals surface area contributed by atoms with Gasteiger partial charge in [0.05, 0.1) is 11.0 Å². The minimum absolute atomic E-state index is 0.249. The fourth-order valence-electron chi connectivity index (χ4n) is 4.22. The monoisotopic (exact) mass is 390 g/mol. The van der Waals surface area contributed by atoms with Crippen LogP contribution in [0.5, 0.6) is 0 Å². The van der Waals surface area contributed by atoms with Crippen molar-refractivity contribution in [2.24, 2.45) is 5.92 Å². The Hall–Kier alpha value is -2.66. The molecule has 5 heteroatoms. The van der Waals surface area contributed by atoms with Crippen LogP contribution in [0.2, 0.25) is 0 Å². The minimum Gasteiger partial charge on any atom is -0.343 e. The first kappa shape index (κ1) is 19.6. The number of hydrogen-bond donors (Lipinski definition) is 1. The summed E-state index contributed by atoms with van der Waals surface area (Å²) in [6.45, 7) is 5.98. The highest BCUT2D eigenvalue weighted by molar-refractivity contribution is 5.79. The number of fused-ring (bicyclic) bond motifs is 1. The third kappa shape index (κ3) is 4.51. The van der Waals surface area contributed by atoms with E-state index in [0.717, 1.165) is 61.6 Å². The molecule has 0 bridgehead atoms. The first-order valence-corrected chi connectivity index (χ1v) is 10.8. The highest BCUT2D eigenvalue weighted by Gasteiger charge is 2.23. The van der Waals surface area contributed by atoms with E-state index in [0.29, 0.717) is 18.8 Å². The lowest BCUT2D eigenvalue weighted by atomic mass is 9.96. The molecule has 1 aliphatic rings. The van der Waals surface area contributed by atoms with E-state index >= 15 is 0 Å². The number of aromatic nitrogens is 2. The summed E-state index contributed by atoms with van der Waals surface area (Å²) in [5, 5.41) is 3.43. The molecule has 0 radical (unpaired) electrons. The van der Waals surface area contributed by atoms with Gasteiger partial charge in [-0.1, -0.05) is 37.3 Å². The van der Waals surface area contributed by atoms with Gasteiger partial charge in [-0.05, 0) is 56.1 Å². The predicted octanol–water partition coefficient (Wildman–Crippen LogP) is 3.81. The molecule has 3 aromatic rings. The quantitative estimate of drug-likeness (QED) is 0.667. The average Bonchev–Trinajstić information content (AvgIpc) is 3.15. The molecule has 2 aromatic carbocycles. The summed E-state index contributed by atoms with van der Waals surface area (Å²) < 4.78 is 2.19. The molecule has 1 amide bonds. The van der Waals surface area contributed by atoms with Crippen molar-refractivity contribution in [2.45, 2.75) is 32.6 Å². The van der Waals surface area contributed by atoms with Crippen molar-refractivity contribution in [1.29, 1.82) is 0 Å². The Bertz CT molecular complexity index is 942. The van der Waals surface area contributed by atoms with Crippen molar-refractivity contribution < 1.29 is 4.79 Å². The highest BCUT2D eigenvalue weighted by Crippen LogP contribution is 2.23. The number of aryl methyl sites for hydroxylation is 1. The number of carbonyl (C=O) groups is 1. The van der Waals surface area contributed by atoms with Crippen LogP contribution in [0, 0.1) is 5.92 Å². The maximum absolute atomic E-state index is 12.8. The second-order valence-corrected chi connectivity index (χ2v) is 7.82. The molecule has 2 heterocycles. The molecule has 1 fully saturated rings. The van der Waals surface area contributed by atoms with Gasteiger partial charge in [-0.15, -0.1) is 0 Å². The molecular weight excluding hydrogens is 360 g/mol. The number of hydrogen-bond acceptors (Lipinski definition) is 3. The summed E-state index contributed by atoms with van der Waals surface area (Å²) in [5.74, 6) is 1.90. The van der Waals surface area contributed by atoms with Crippen LogP contribution in [-0.2, 0) is 11.2 Å². The molecule has 5 nitrogen and oxygen atoms in total. The van der Waals surface area contributed by atoms with Crippen LogP contribution < -0.4 is 5.32 Å². The van der Waals surface area contributed by atoms with Crippen molar-refractivity contribution in [3.8, 4) is 5.69 Å². The summed E-state index contributed by atoms with van der Waals surface area (Å²) in [5.41, 5.74) is 3.15. The summed E-state index contributed by atoms with van der Waals surface area (Å²) in [4.78, 5) is 19.7. The van der Waals surface area contributed by atoms with Gasteiger partial charge in [-0.25, -0.2) is 4.98 Å². The molecule has 0 spiro atoms. The van der Waals surface area contributed by atoms with E-state index in [1.807, 2.05) is 41.3 Å². The number of rotatable bonds is 7. The SMILES string of the molecule is CCNCC1CCN(C(=O)CCc2nc3ccccc3n2-c2ccccc2)CC1. The number of amides is 1. The largest absolute Gasteiger partial charge is 0.343 e. The number of nitrogens with one attached hydrogen (secondary N) is 1. The van der Waals surface area contributed by atoms with Crippen molar-refractivity contribution in [1.82, 2.24) is 19.8 Å². The van der Waals surface area contributed by atoms with Crippen LogP contribution in [-0.4, -0.2) is 46.5 Å². The predicted molar refractivity (Wildman–Crippen MR) is 117 cm³/mol. The lowest BCUT2D eigenvalue weighted by molar-refractivity contribution is -0.132. The van der Waals surface area contributed by atoms with Crippen LogP contribution in [0.1, 0.15) is 32.0 Å². The fourth-order valence-corrected chi connectivity index (χ4v) is 4.22. The maximum Gasteiger partial charge on any atom is 0.223 e. The Balaban J connectivity index is 1.44. The Kier molecular flexibility index (Phi) is 6.25. The average molecular weight is 391 g/mol. The van der Waals surface area contributed by atoms with Gasteiger partial charge in [0.1, 0.15) is 5.82 Å². The van der Waals surface area contributed by atoms with Crippen molar-refractivity contribution in [3.05, 3.63) is 60.4 Å². The second kappa shape index (κ2) is 9.23. The zero-order valence-electron chi connectivity index (χ0n) is 17.2. The van der Waals surface area contributed by atoms with Gasteiger partial charge < -0.3 is 10.2 Å². The zero-order chi connectivity index (χ0) is 20.1. The lowest BCUT2D eigenvalue weighted by Gasteiger charge is -2.32. The van der Waals surface area contributed by atoms with E-state index < -0.39 is 0 Å². The summed E-state index contributed by atoms with van der Waals surface area (Å²) in [7, 11) is 0. The number of benzene rings is 2. The van der Waals surface area contributed by atoms with Gasteiger partial charge in [0.15, 0.2) is 0 Å². The van der Waals surface area contributed by atoms with E-state index in [1.54, 1.807) is 0 Å².